The fourth-order valence-corrected chi connectivity index (χ4v) is 7.50. The number of ether oxygens (including phenoxy) is 2. The molecular formula is C46H57N9O9. The number of benzene rings is 3. The molecule has 2 aliphatic heterocycles. The molecule has 0 radical (unpaired) electrons. The van der Waals surface area contributed by atoms with Crippen molar-refractivity contribution in [1.29, 1.82) is 0 Å². The van der Waals surface area contributed by atoms with Gasteiger partial charge in [0.25, 0.3) is 11.8 Å². The molecule has 3 aromatic carbocycles. The van der Waals surface area contributed by atoms with Gasteiger partial charge in [0.2, 0.25) is 17.7 Å². The molecule has 2 saturated carbocycles. The third-order valence-electron chi connectivity index (χ3n) is 11.1. The van der Waals surface area contributed by atoms with Gasteiger partial charge in [0.05, 0.1) is 18.0 Å². The minimum absolute atomic E-state index is 0.0236. The van der Waals surface area contributed by atoms with Crippen LogP contribution in [0.3, 0.4) is 0 Å². The number of anilines is 3. The average molecular weight is 880 g/mol. The van der Waals surface area contributed by atoms with Crippen molar-refractivity contribution in [3.05, 3.63) is 83.9 Å². The maximum absolute atomic E-state index is 14.1. The van der Waals surface area contributed by atoms with E-state index in [2.05, 4.69) is 48.9 Å². The fourth-order valence-electron chi connectivity index (χ4n) is 7.50. The van der Waals surface area contributed by atoms with Crippen molar-refractivity contribution in [1.82, 2.24) is 31.5 Å². The van der Waals surface area contributed by atoms with E-state index in [0.717, 1.165) is 60.9 Å². The molecule has 3 aromatic rings. The van der Waals surface area contributed by atoms with Crippen LogP contribution < -0.4 is 46.4 Å². The number of para-hydroxylation sites is 2. The molecule has 4 aliphatic rings. The zero-order valence-corrected chi connectivity index (χ0v) is 35.9. The zero-order valence-electron chi connectivity index (χ0n) is 35.9. The second kappa shape index (κ2) is 22.1. The number of alkyl carbamates (subject to hydrolysis) is 1. The number of nitrogens with zero attached hydrogens (tertiary/aromatic N) is 3. The number of likely N-dealkylation sites (tertiary alicyclic amines) is 1. The Morgan fingerprint density at radius 3 is 1.94 bits per heavy atom. The third kappa shape index (κ3) is 13.7. The number of carbonyl (C=O) groups excluding carboxylic acids is 7. The van der Waals surface area contributed by atoms with Crippen LogP contribution in [0.2, 0.25) is 0 Å². The van der Waals surface area contributed by atoms with E-state index in [1.165, 1.54) is 18.4 Å². The predicted octanol–water partition coefficient (Wildman–Crippen LogP) is 3.30. The molecule has 7 rings (SSSR count). The largest absolute Gasteiger partial charge is 0.494 e. The Balaban J connectivity index is 0.834. The highest BCUT2D eigenvalue weighted by Gasteiger charge is 2.43. The molecule has 2 aliphatic carbocycles. The van der Waals surface area contributed by atoms with E-state index in [-0.39, 0.29) is 54.6 Å². The minimum atomic E-state index is -1.78. The molecule has 0 spiro atoms. The van der Waals surface area contributed by atoms with Crippen LogP contribution >= 0.6 is 0 Å². The molecule has 340 valence electrons. The SMILES string of the molecule is O=C(CCCNC(=O)OCc1cccc(NC(=O)NC2C(=O)N(CC(=O)NC3CC3)c3ccccc3N(CC(=O)NC3CC3)C2=O)c1)NCCCOc1cccc(CN2CCCC2)c1. The van der Waals surface area contributed by atoms with Gasteiger partial charge in [-0.3, -0.25) is 38.7 Å². The highest BCUT2D eigenvalue weighted by atomic mass is 16.5. The quantitative estimate of drug-likeness (QED) is 0.0678. The fraction of sp³-hybridized carbons (Fsp3) is 0.457. The van der Waals surface area contributed by atoms with Crippen molar-refractivity contribution in [3.8, 4) is 5.75 Å². The van der Waals surface area contributed by atoms with E-state index in [4.69, 9.17) is 9.47 Å². The first-order valence-corrected chi connectivity index (χ1v) is 22.2. The highest BCUT2D eigenvalue weighted by Crippen LogP contribution is 2.34. The van der Waals surface area contributed by atoms with Gasteiger partial charge in [0.15, 0.2) is 6.04 Å². The first kappa shape index (κ1) is 45.3. The lowest BCUT2D eigenvalue weighted by molar-refractivity contribution is -0.131. The predicted molar refractivity (Wildman–Crippen MR) is 237 cm³/mol. The maximum atomic E-state index is 14.1. The number of carbonyl (C=O) groups is 7. The van der Waals surface area contributed by atoms with Crippen LogP contribution in [0.15, 0.2) is 72.8 Å². The third-order valence-corrected chi connectivity index (χ3v) is 11.1. The Hall–Kier alpha value is -6.69. The summed E-state index contributed by atoms with van der Waals surface area (Å²) in [5.74, 6) is -1.84. The number of urea groups is 1. The van der Waals surface area contributed by atoms with Crippen LogP contribution in [0.4, 0.5) is 26.7 Å². The lowest BCUT2D eigenvalue weighted by atomic mass is 10.2. The summed E-state index contributed by atoms with van der Waals surface area (Å²) < 4.78 is 11.2. The second-order valence-corrected chi connectivity index (χ2v) is 16.5. The van der Waals surface area contributed by atoms with Gasteiger partial charge in [0, 0.05) is 43.8 Å². The molecule has 1 saturated heterocycles. The Bertz CT molecular complexity index is 2110. The van der Waals surface area contributed by atoms with Gasteiger partial charge < -0.3 is 41.4 Å². The molecule has 3 fully saturated rings. The summed E-state index contributed by atoms with van der Waals surface area (Å²) in [6.07, 6.45) is 6.43. The summed E-state index contributed by atoms with van der Waals surface area (Å²) in [6.45, 7) is 3.43. The summed E-state index contributed by atoms with van der Waals surface area (Å²) in [4.78, 5) is 97.1. The molecule has 0 unspecified atom stereocenters. The first-order valence-electron chi connectivity index (χ1n) is 22.2. The Morgan fingerprint density at radius 1 is 0.656 bits per heavy atom. The summed E-state index contributed by atoms with van der Waals surface area (Å²) >= 11 is 0. The first-order chi connectivity index (χ1) is 31.1. The van der Waals surface area contributed by atoms with Gasteiger partial charge in [-0.25, -0.2) is 9.59 Å². The maximum Gasteiger partial charge on any atom is 0.407 e. The number of hydrogen-bond acceptors (Lipinski definition) is 10. The van der Waals surface area contributed by atoms with Crippen LogP contribution in [0.1, 0.15) is 68.9 Å². The van der Waals surface area contributed by atoms with E-state index in [1.807, 2.05) is 12.1 Å². The highest BCUT2D eigenvalue weighted by molar-refractivity contribution is 6.23. The number of rotatable bonds is 21. The van der Waals surface area contributed by atoms with Gasteiger partial charge in [-0.05, 0) is 112 Å². The van der Waals surface area contributed by atoms with Crippen LogP contribution in [-0.4, -0.2) is 111 Å². The molecule has 0 atom stereocenters. The van der Waals surface area contributed by atoms with Gasteiger partial charge >= 0.3 is 12.1 Å². The van der Waals surface area contributed by atoms with E-state index in [0.29, 0.717) is 31.6 Å². The van der Waals surface area contributed by atoms with Gasteiger partial charge in [-0.2, -0.15) is 0 Å². The van der Waals surface area contributed by atoms with Crippen LogP contribution in [0.25, 0.3) is 0 Å². The molecular weight excluding hydrogens is 823 g/mol. The molecule has 64 heavy (non-hydrogen) atoms. The van der Waals surface area contributed by atoms with Gasteiger partial charge in [-0.1, -0.05) is 36.4 Å². The molecule has 0 aromatic heterocycles. The van der Waals surface area contributed by atoms with Crippen molar-refractivity contribution >= 4 is 58.7 Å². The zero-order chi connectivity index (χ0) is 44.8. The smallest absolute Gasteiger partial charge is 0.407 e. The summed E-state index contributed by atoms with van der Waals surface area (Å²) in [5, 5.41) is 16.3. The van der Waals surface area contributed by atoms with Crippen molar-refractivity contribution in [2.24, 2.45) is 0 Å². The monoisotopic (exact) mass is 879 g/mol. The molecule has 0 bridgehead atoms. The van der Waals surface area contributed by atoms with E-state index in [9.17, 15) is 33.6 Å². The Kier molecular flexibility index (Phi) is 15.6. The Morgan fingerprint density at radius 2 is 1.28 bits per heavy atom. The lowest BCUT2D eigenvalue weighted by Gasteiger charge is -2.24. The van der Waals surface area contributed by atoms with Crippen molar-refractivity contribution in [3.63, 3.8) is 0 Å². The summed E-state index contributed by atoms with van der Waals surface area (Å²) in [5.41, 5.74) is 2.53. The number of fused-ring (bicyclic) bond motifs is 1. The molecule has 2 heterocycles. The standard InChI is InChI=1S/C46H57N9O9/c56-39(47-21-8-24-63-36-12-6-9-31(26-36)27-53-22-3-4-23-53)15-7-20-48-46(62)64-30-32-10-5-11-35(25-32)51-45(61)52-42-43(59)54(28-40(57)49-33-16-17-33)37-13-1-2-14-38(37)55(44(42)60)29-41(58)50-34-18-19-34/h1-2,5-6,9-14,25-26,33-34,42H,3-4,7-8,15-24,27-30H2,(H,47,56)(H,48,62)(H,49,57)(H,50,58)(H2,51,52,61). The minimum Gasteiger partial charge on any atom is -0.494 e. The lowest BCUT2D eigenvalue weighted by Crippen LogP contribution is -2.58. The Labute approximate surface area is 372 Å². The van der Waals surface area contributed by atoms with E-state index in [1.54, 1.807) is 48.5 Å². The van der Waals surface area contributed by atoms with E-state index < -0.39 is 54.9 Å². The number of nitrogens with one attached hydrogen (secondary N) is 6. The van der Waals surface area contributed by atoms with Gasteiger partial charge in [-0.15, -0.1) is 0 Å². The molecule has 6 N–H and O–H groups in total. The number of hydrogen-bond donors (Lipinski definition) is 6. The van der Waals surface area contributed by atoms with Crippen molar-refractivity contribution in [2.45, 2.75) is 89.1 Å². The van der Waals surface area contributed by atoms with Gasteiger partial charge in [0.1, 0.15) is 25.4 Å². The average Bonchev–Trinajstić information content (AvgIpc) is 4.23. The van der Waals surface area contributed by atoms with Crippen LogP contribution in [0, 0.1) is 0 Å². The molecule has 18 nitrogen and oxygen atoms in total. The van der Waals surface area contributed by atoms with Crippen LogP contribution in [-0.2, 0) is 41.9 Å². The summed E-state index contributed by atoms with van der Waals surface area (Å²) in [7, 11) is 0. The second-order valence-electron chi connectivity index (χ2n) is 16.5. The normalized spacial score (nSPS) is 16.3. The van der Waals surface area contributed by atoms with Crippen molar-refractivity contribution < 1.29 is 43.0 Å². The topological polar surface area (TPSA) is 220 Å². The van der Waals surface area contributed by atoms with Crippen molar-refractivity contribution in [2.75, 3.05) is 61.0 Å². The number of amides is 8. The van der Waals surface area contributed by atoms with E-state index >= 15 is 0 Å². The summed E-state index contributed by atoms with van der Waals surface area (Å²) in [6, 6.07) is 18.4. The van der Waals surface area contributed by atoms with Crippen LogP contribution in [0.5, 0.6) is 5.75 Å². The molecule has 18 heteroatoms. The molecule has 8 amide bonds.